The van der Waals surface area contributed by atoms with Crippen LogP contribution in [-0.2, 0) is 9.53 Å². The van der Waals surface area contributed by atoms with Crippen LogP contribution in [0.1, 0.15) is 10.4 Å². The summed E-state index contributed by atoms with van der Waals surface area (Å²) in [6, 6.07) is 5.94. The van der Waals surface area contributed by atoms with Crippen molar-refractivity contribution in [2.45, 2.75) is 0 Å². The molecule has 0 aromatic heterocycles. The van der Waals surface area contributed by atoms with Crippen LogP contribution in [0.5, 0.6) is 0 Å². The molecule has 0 spiro atoms. The Bertz CT molecular complexity index is 904. The van der Waals surface area contributed by atoms with Gasteiger partial charge < -0.3 is 10.1 Å². The molecule has 1 amide bonds. The normalized spacial score (nSPS) is 10.3. The van der Waals surface area contributed by atoms with Crippen LogP contribution < -0.4 is 5.32 Å². The summed E-state index contributed by atoms with van der Waals surface area (Å²) >= 11 is 23.4. The predicted molar refractivity (Wildman–Crippen MR) is 98.5 cm³/mol. The number of amides is 1. The number of hydrogen-bond donors (Lipinski definition) is 1. The Labute approximate surface area is 166 Å². The molecule has 0 atom stereocenters. The van der Waals surface area contributed by atoms with Gasteiger partial charge in [0.1, 0.15) is 0 Å². The van der Waals surface area contributed by atoms with Gasteiger partial charge in [-0.3, -0.25) is 14.9 Å². The van der Waals surface area contributed by atoms with Crippen molar-refractivity contribution in [3.63, 3.8) is 0 Å². The molecule has 7 nitrogen and oxygen atoms in total. The minimum absolute atomic E-state index is 0.113. The molecular formula is C15H8Cl4N2O5. The number of carbonyl (C=O) groups excluding carboxylic acids is 2. The third-order valence-electron chi connectivity index (χ3n) is 3.00. The van der Waals surface area contributed by atoms with E-state index in [9.17, 15) is 19.7 Å². The van der Waals surface area contributed by atoms with Crippen LogP contribution in [0.4, 0.5) is 11.4 Å². The Morgan fingerprint density at radius 3 is 2.27 bits per heavy atom. The standard InChI is InChI=1S/C15H8Cl4N2O5/c16-9-3-7(21(24)25)1-2-8(9)15(23)26-6-14(22)20-13-5-11(18)10(17)4-12(13)19/h1-5H,6H2,(H,20,22). The molecular weight excluding hydrogens is 430 g/mol. The number of nitro groups is 1. The third kappa shape index (κ3) is 4.98. The van der Waals surface area contributed by atoms with E-state index in [1.54, 1.807) is 0 Å². The lowest BCUT2D eigenvalue weighted by atomic mass is 10.2. The van der Waals surface area contributed by atoms with E-state index in [0.29, 0.717) is 0 Å². The van der Waals surface area contributed by atoms with E-state index in [4.69, 9.17) is 51.1 Å². The van der Waals surface area contributed by atoms with Crippen molar-refractivity contribution >= 4 is 69.7 Å². The van der Waals surface area contributed by atoms with Crippen molar-refractivity contribution in [3.8, 4) is 0 Å². The highest BCUT2D eigenvalue weighted by molar-refractivity contribution is 6.44. The monoisotopic (exact) mass is 436 g/mol. The number of anilines is 1. The minimum atomic E-state index is -0.916. The van der Waals surface area contributed by atoms with Crippen molar-refractivity contribution in [1.29, 1.82) is 0 Å². The van der Waals surface area contributed by atoms with Crippen molar-refractivity contribution in [3.05, 3.63) is 66.1 Å². The van der Waals surface area contributed by atoms with Crippen molar-refractivity contribution in [1.82, 2.24) is 0 Å². The van der Waals surface area contributed by atoms with Crippen LogP contribution in [0.25, 0.3) is 0 Å². The van der Waals surface area contributed by atoms with Gasteiger partial charge in [0.05, 0.1) is 36.3 Å². The zero-order valence-electron chi connectivity index (χ0n) is 12.6. The van der Waals surface area contributed by atoms with Crippen LogP contribution in [-0.4, -0.2) is 23.4 Å². The average molecular weight is 438 g/mol. The number of rotatable bonds is 5. The Morgan fingerprint density at radius 1 is 1.00 bits per heavy atom. The second-order valence-electron chi connectivity index (χ2n) is 4.79. The zero-order chi connectivity index (χ0) is 19.4. The molecule has 0 aliphatic rings. The smallest absolute Gasteiger partial charge is 0.340 e. The predicted octanol–water partition coefficient (Wildman–Crippen LogP) is 5.00. The number of carbonyl (C=O) groups is 2. The molecule has 0 saturated carbocycles. The lowest BCUT2D eigenvalue weighted by Gasteiger charge is -2.09. The van der Waals surface area contributed by atoms with Gasteiger partial charge in [0.15, 0.2) is 6.61 Å². The van der Waals surface area contributed by atoms with E-state index in [2.05, 4.69) is 5.32 Å². The average Bonchev–Trinajstić information content (AvgIpc) is 2.57. The number of esters is 1. The van der Waals surface area contributed by atoms with Gasteiger partial charge in [0.2, 0.25) is 0 Å². The van der Waals surface area contributed by atoms with Gasteiger partial charge in [-0.25, -0.2) is 4.79 Å². The molecule has 2 aromatic carbocycles. The fourth-order valence-electron chi connectivity index (χ4n) is 1.80. The fourth-order valence-corrected chi connectivity index (χ4v) is 2.64. The molecule has 11 heteroatoms. The molecule has 0 aliphatic heterocycles. The quantitative estimate of drug-likeness (QED) is 0.307. The number of benzene rings is 2. The van der Waals surface area contributed by atoms with E-state index in [1.807, 2.05) is 0 Å². The maximum Gasteiger partial charge on any atom is 0.340 e. The molecule has 0 saturated heterocycles. The summed E-state index contributed by atoms with van der Waals surface area (Å²) < 4.78 is 4.83. The number of ether oxygens (including phenoxy) is 1. The first kappa shape index (κ1) is 20.3. The van der Waals surface area contributed by atoms with Crippen LogP contribution >= 0.6 is 46.4 Å². The van der Waals surface area contributed by atoms with Gasteiger partial charge in [0, 0.05) is 12.1 Å². The van der Waals surface area contributed by atoms with E-state index in [0.717, 1.165) is 18.2 Å². The first-order valence-corrected chi connectivity index (χ1v) is 8.25. The summed E-state index contributed by atoms with van der Waals surface area (Å²) in [6.07, 6.45) is 0. The molecule has 136 valence electrons. The zero-order valence-corrected chi connectivity index (χ0v) is 15.6. The highest BCUT2D eigenvalue weighted by Gasteiger charge is 2.18. The van der Waals surface area contributed by atoms with Gasteiger partial charge in [-0.2, -0.15) is 0 Å². The van der Waals surface area contributed by atoms with Crippen molar-refractivity contribution in [2.24, 2.45) is 0 Å². The fraction of sp³-hybridized carbons (Fsp3) is 0.0667. The summed E-state index contributed by atoms with van der Waals surface area (Å²) in [5.74, 6) is -1.60. The molecule has 0 unspecified atom stereocenters. The highest BCUT2D eigenvalue weighted by atomic mass is 35.5. The van der Waals surface area contributed by atoms with E-state index >= 15 is 0 Å². The van der Waals surface area contributed by atoms with Gasteiger partial charge in [-0.15, -0.1) is 0 Å². The van der Waals surface area contributed by atoms with Gasteiger partial charge >= 0.3 is 5.97 Å². The summed E-state index contributed by atoms with van der Waals surface area (Å²) in [7, 11) is 0. The highest BCUT2D eigenvalue weighted by Crippen LogP contribution is 2.32. The van der Waals surface area contributed by atoms with Crippen LogP contribution in [0.3, 0.4) is 0 Å². The largest absolute Gasteiger partial charge is 0.452 e. The first-order valence-electron chi connectivity index (χ1n) is 6.74. The Hall–Kier alpha value is -2.06. The molecule has 0 aliphatic carbocycles. The van der Waals surface area contributed by atoms with Gasteiger partial charge in [-0.05, 0) is 18.2 Å². The second kappa shape index (κ2) is 8.55. The molecule has 1 N–H and O–H groups in total. The number of halogens is 4. The number of nitro benzene ring substituents is 1. The van der Waals surface area contributed by atoms with Gasteiger partial charge in [-0.1, -0.05) is 46.4 Å². The maximum atomic E-state index is 11.9. The molecule has 0 heterocycles. The lowest BCUT2D eigenvalue weighted by molar-refractivity contribution is -0.384. The Morgan fingerprint density at radius 2 is 1.65 bits per heavy atom. The van der Waals surface area contributed by atoms with Gasteiger partial charge in [0.25, 0.3) is 11.6 Å². The van der Waals surface area contributed by atoms with Crippen molar-refractivity contribution in [2.75, 3.05) is 11.9 Å². The summed E-state index contributed by atoms with van der Waals surface area (Å²) in [6.45, 7) is -0.636. The molecule has 26 heavy (non-hydrogen) atoms. The molecule has 2 aromatic rings. The molecule has 2 rings (SSSR count). The van der Waals surface area contributed by atoms with Crippen molar-refractivity contribution < 1.29 is 19.2 Å². The van der Waals surface area contributed by atoms with Crippen LogP contribution in [0.15, 0.2) is 30.3 Å². The first-order chi connectivity index (χ1) is 12.2. The number of hydrogen-bond acceptors (Lipinski definition) is 5. The van der Waals surface area contributed by atoms with E-state index in [-0.39, 0.29) is 37.0 Å². The number of nitrogens with one attached hydrogen (secondary N) is 1. The number of nitrogens with zero attached hydrogens (tertiary/aromatic N) is 1. The maximum absolute atomic E-state index is 11.9. The van der Waals surface area contributed by atoms with Crippen LogP contribution in [0, 0.1) is 10.1 Å². The van der Waals surface area contributed by atoms with E-state index < -0.39 is 23.4 Å². The third-order valence-corrected chi connectivity index (χ3v) is 4.35. The summed E-state index contributed by atoms with van der Waals surface area (Å²) in [4.78, 5) is 33.8. The summed E-state index contributed by atoms with van der Waals surface area (Å²) in [5.41, 5.74) is -0.202. The molecule has 0 bridgehead atoms. The van der Waals surface area contributed by atoms with E-state index in [1.165, 1.54) is 12.1 Å². The molecule has 0 radical (unpaired) electrons. The summed E-state index contributed by atoms with van der Waals surface area (Å²) in [5, 5.41) is 13.4. The lowest BCUT2D eigenvalue weighted by Crippen LogP contribution is -2.21. The molecule has 0 fully saturated rings. The topological polar surface area (TPSA) is 98.5 Å². The second-order valence-corrected chi connectivity index (χ2v) is 6.42. The minimum Gasteiger partial charge on any atom is -0.452 e. The SMILES string of the molecule is O=C(COC(=O)c1ccc([N+](=O)[O-])cc1Cl)Nc1cc(Cl)c(Cl)cc1Cl. The Kier molecular flexibility index (Phi) is 6.66. The number of non-ortho nitro benzene ring substituents is 1. The Balaban J connectivity index is 2.00. The van der Waals surface area contributed by atoms with Crippen LogP contribution in [0.2, 0.25) is 20.1 Å².